The molecule has 0 atom stereocenters. The number of carboxylic acid groups (broad SMARTS) is 1. The first-order valence-electron chi connectivity index (χ1n) is 4.55. The van der Waals surface area contributed by atoms with Gasteiger partial charge in [-0.25, -0.2) is 0 Å². The van der Waals surface area contributed by atoms with Crippen molar-refractivity contribution < 1.29 is 9.90 Å². The van der Waals surface area contributed by atoms with E-state index in [0.717, 1.165) is 21.1 Å². The predicted molar refractivity (Wildman–Crippen MR) is 62.0 cm³/mol. The Morgan fingerprint density at radius 2 is 2.13 bits per heavy atom. The Morgan fingerprint density at radius 1 is 1.47 bits per heavy atom. The second-order valence-electron chi connectivity index (χ2n) is 3.42. The van der Waals surface area contributed by atoms with Gasteiger partial charge in [-0.05, 0) is 22.0 Å². The molecule has 0 saturated heterocycles. The Bertz CT molecular complexity index is 531. The van der Waals surface area contributed by atoms with E-state index in [1.807, 2.05) is 35.9 Å². The lowest BCUT2D eigenvalue weighted by molar-refractivity contribution is -0.136. The largest absolute Gasteiger partial charge is 0.481 e. The molecule has 0 aliphatic rings. The number of rotatable bonds is 2. The van der Waals surface area contributed by atoms with Crippen LogP contribution >= 0.6 is 15.9 Å². The van der Waals surface area contributed by atoms with Crippen LogP contribution < -0.4 is 0 Å². The lowest BCUT2D eigenvalue weighted by Crippen LogP contribution is -2.00. The molecule has 4 heteroatoms. The molecule has 1 heterocycles. The maximum atomic E-state index is 10.7. The van der Waals surface area contributed by atoms with Gasteiger partial charge in [0.15, 0.2) is 0 Å². The van der Waals surface area contributed by atoms with E-state index in [1.54, 1.807) is 0 Å². The van der Waals surface area contributed by atoms with Gasteiger partial charge in [0.05, 0.1) is 11.0 Å². The molecule has 1 aromatic heterocycles. The Balaban J connectivity index is 2.72. The van der Waals surface area contributed by atoms with Crippen LogP contribution in [-0.4, -0.2) is 15.6 Å². The van der Waals surface area contributed by atoms with Crippen LogP contribution in [0.1, 0.15) is 5.56 Å². The van der Waals surface area contributed by atoms with Gasteiger partial charge in [0, 0.05) is 23.5 Å². The Kier molecular flexibility index (Phi) is 2.52. The lowest BCUT2D eigenvalue weighted by Gasteiger charge is -1.96. The highest BCUT2D eigenvalue weighted by Gasteiger charge is 2.14. The van der Waals surface area contributed by atoms with Gasteiger partial charge < -0.3 is 9.67 Å². The molecule has 1 aromatic carbocycles. The Morgan fingerprint density at radius 3 is 2.80 bits per heavy atom. The Labute approximate surface area is 95.5 Å². The number of carboxylic acids is 1. The van der Waals surface area contributed by atoms with Gasteiger partial charge in [-0.2, -0.15) is 0 Å². The van der Waals surface area contributed by atoms with E-state index in [-0.39, 0.29) is 6.42 Å². The molecule has 2 rings (SSSR count). The van der Waals surface area contributed by atoms with Gasteiger partial charge >= 0.3 is 5.97 Å². The first-order valence-corrected chi connectivity index (χ1v) is 5.34. The van der Waals surface area contributed by atoms with Crippen LogP contribution in [-0.2, 0) is 18.3 Å². The summed E-state index contributed by atoms with van der Waals surface area (Å²) >= 11 is 3.42. The van der Waals surface area contributed by atoms with E-state index in [2.05, 4.69) is 15.9 Å². The van der Waals surface area contributed by atoms with Crippen molar-refractivity contribution in [3.63, 3.8) is 0 Å². The van der Waals surface area contributed by atoms with E-state index >= 15 is 0 Å². The van der Waals surface area contributed by atoms with Gasteiger partial charge in [0.1, 0.15) is 0 Å². The van der Waals surface area contributed by atoms with Crippen molar-refractivity contribution in [3.8, 4) is 0 Å². The second-order valence-corrected chi connectivity index (χ2v) is 4.17. The van der Waals surface area contributed by atoms with Gasteiger partial charge in [0.25, 0.3) is 0 Å². The molecule has 78 valence electrons. The molecule has 0 saturated carbocycles. The number of aliphatic carboxylic acids is 1. The minimum absolute atomic E-state index is 0.0436. The number of carbonyl (C=O) groups is 1. The van der Waals surface area contributed by atoms with Crippen LogP contribution in [0.25, 0.3) is 10.9 Å². The average molecular weight is 268 g/mol. The third kappa shape index (κ3) is 1.65. The van der Waals surface area contributed by atoms with Crippen LogP contribution in [0.15, 0.2) is 28.9 Å². The number of para-hydroxylation sites is 1. The van der Waals surface area contributed by atoms with Crippen LogP contribution in [0.3, 0.4) is 0 Å². The fraction of sp³-hybridized carbons (Fsp3) is 0.182. The molecule has 0 unspecified atom stereocenters. The summed E-state index contributed by atoms with van der Waals surface area (Å²) in [7, 11) is 1.91. The van der Waals surface area contributed by atoms with E-state index in [9.17, 15) is 4.79 Å². The molecular weight excluding hydrogens is 258 g/mol. The third-order valence-electron chi connectivity index (χ3n) is 2.46. The van der Waals surface area contributed by atoms with E-state index in [1.165, 1.54) is 0 Å². The number of nitrogens with zero attached hydrogens (tertiary/aromatic N) is 1. The van der Waals surface area contributed by atoms with Gasteiger partial charge in [-0.3, -0.25) is 4.79 Å². The quantitative estimate of drug-likeness (QED) is 0.909. The topological polar surface area (TPSA) is 42.2 Å². The zero-order valence-electron chi connectivity index (χ0n) is 8.20. The highest BCUT2D eigenvalue weighted by molar-refractivity contribution is 9.10. The fourth-order valence-electron chi connectivity index (χ4n) is 1.76. The van der Waals surface area contributed by atoms with Crippen molar-refractivity contribution >= 4 is 32.8 Å². The van der Waals surface area contributed by atoms with Crippen molar-refractivity contribution in [3.05, 3.63) is 34.4 Å². The Hall–Kier alpha value is -1.29. The first-order chi connectivity index (χ1) is 7.11. The van der Waals surface area contributed by atoms with Gasteiger partial charge in [0.2, 0.25) is 0 Å². The van der Waals surface area contributed by atoms with Crippen LogP contribution in [0.5, 0.6) is 0 Å². The summed E-state index contributed by atoms with van der Waals surface area (Å²) < 4.78 is 2.79. The highest BCUT2D eigenvalue weighted by Crippen LogP contribution is 2.29. The monoisotopic (exact) mass is 267 g/mol. The van der Waals surface area contributed by atoms with E-state index < -0.39 is 5.97 Å². The average Bonchev–Trinajstić information content (AvgIpc) is 2.44. The molecule has 2 aromatic rings. The van der Waals surface area contributed by atoms with E-state index in [4.69, 9.17) is 5.11 Å². The number of hydrogen-bond donors (Lipinski definition) is 1. The molecule has 1 N–H and O–H groups in total. The van der Waals surface area contributed by atoms with Crippen molar-refractivity contribution in [2.45, 2.75) is 6.42 Å². The van der Waals surface area contributed by atoms with Crippen molar-refractivity contribution in [2.75, 3.05) is 0 Å². The zero-order valence-corrected chi connectivity index (χ0v) is 9.78. The second kappa shape index (κ2) is 3.70. The maximum absolute atomic E-state index is 10.7. The van der Waals surface area contributed by atoms with Crippen molar-refractivity contribution in [1.29, 1.82) is 0 Å². The molecule has 0 radical (unpaired) electrons. The van der Waals surface area contributed by atoms with Crippen LogP contribution in [0, 0.1) is 0 Å². The molecule has 0 aliphatic carbocycles. The maximum Gasteiger partial charge on any atom is 0.307 e. The number of hydrogen-bond acceptors (Lipinski definition) is 1. The SMILES string of the molecule is Cn1c(Br)c(CC(=O)O)c2ccccc21. The molecule has 3 nitrogen and oxygen atoms in total. The molecule has 0 aliphatic heterocycles. The van der Waals surface area contributed by atoms with Gasteiger partial charge in [-0.15, -0.1) is 0 Å². The summed E-state index contributed by atoms with van der Waals surface area (Å²) in [5, 5.41) is 9.82. The molecule has 0 fully saturated rings. The molecular formula is C11H10BrNO2. The standard InChI is InChI=1S/C11H10BrNO2/c1-13-9-5-3-2-4-7(9)8(11(13)12)6-10(14)15/h2-5H,6H2,1H3,(H,14,15). The number of aromatic nitrogens is 1. The summed E-state index contributed by atoms with van der Waals surface area (Å²) in [5.74, 6) is -0.813. The minimum Gasteiger partial charge on any atom is -0.481 e. The molecule has 0 spiro atoms. The number of aryl methyl sites for hydroxylation is 1. The van der Waals surface area contributed by atoms with Crippen molar-refractivity contribution in [1.82, 2.24) is 4.57 Å². The summed E-state index contributed by atoms with van der Waals surface area (Å²) in [6, 6.07) is 7.78. The summed E-state index contributed by atoms with van der Waals surface area (Å²) in [6.07, 6.45) is 0.0436. The van der Waals surface area contributed by atoms with Crippen LogP contribution in [0.2, 0.25) is 0 Å². The summed E-state index contributed by atoms with van der Waals surface area (Å²) in [5.41, 5.74) is 1.88. The molecule has 0 amide bonds. The lowest BCUT2D eigenvalue weighted by atomic mass is 10.1. The number of halogens is 1. The normalized spacial score (nSPS) is 10.8. The van der Waals surface area contributed by atoms with Crippen LogP contribution in [0.4, 0.5) is 0 Å². The predicted octanol–water partition coefficient (Wildman–Crippen LogP) is 2.57. The third-order valence-corrected chi connectivity index (χ3v) is 3.47. The fourth-order valence-corrected chi connectivity index (χ4v) is 2.30. The number of fused-ring (bicyclic) bond motifs is 1. The zero-order chi connectivity index (χ0) is 11.0. The number of benzene rings is 1. The minimum atomic E-state index is -0.813. The summed E-state index contributed by atoms with van der Waals surface area (Å²) in [4.78, 5) is 10.7. The summed E-state index contributed by atoms with van der Waals surface area (Å²) in [6.45, 7) is 0. The first kappa shape index (κ1) is 10.2. The van der Waals surface area contributed by atoms with Crippen molar-refractivity contribution in [2.24, 2.45) is 7.05 Å². The van der Waals surface area contributed by atoms with Gasteiger partial charge in [-0.1, -0.05) is 18.2 Å². The van der Waals surface area contributed by atoms with E-state index in [0.29, 0.717) is 0 Å². The smallest absolute Gasteiger partial charge is 0.307 e. The molecule has 0 bridgehead atoms. The molecule has 15 heavy (non-hydrogen) atoms. The highest BCUT2D eigenvalue weighted by atomic mass is 79.9.